The van der Waals surface area contributed by atoms with Crippen molar-refractivity contribution < 1.29 is 15.0 Å². The van der Waals surface area contributed by atoms with Gasteiger partial charge in [-0.25, -0.2) is 0 Å². The van der Waals surface area contributed by atoms with E-state index in [1.54, 1.807) is 31.3 Å². The number of benzene rings is 1. The van der Waals surface area contributed by atoms with Crippen LogP contribution < -0.4 is 5.32 Å². The molecule has 0 aliphatic heterocycles. The number of aliphatic hydroxyl groups excluding tert-OH is 1. The van der Waals surface area contributed by atoms with Gasteiger partial charge >= 0.3 is 0 Å². The smallest absolute Gasteiger partial charge is 0.253 e. The second-order valence-corrected chi connectivity index (χ2v) is 3.85. The lowest BCUT2D eigenvalue weighted by Crippen LogP contribution is -2.26. The van der Waals surface area contributed by atoms with Crippen molar-refractivity contribution >= 4 is 22.5 Å². The van der Waals surface area contributed by atoms with Crippen molar-refractivity contribution in [2.45, 2.75) is 19.4 Å². The number of amides is 1. The first-order chi connectivity index (χ1) is 8.11. The second kappa shape index (κ2) is 4.47. The lowest BCUT2D eigenvalue weighted by Gasteiger charge is -2.08. The monoisotopic (exact) mass is 234 g/mol. The summed E-state index contributed by atoms with van der Waals surface area (Å²) in [7, 11) is 0. The highest BCUT2D eigenvalue weighted by Crippen LogP contribution is 2.26. The fourth-order valence-electron chi connectivity index (χ4n) is 1.61. The largest absolute Gasteiger partial charge is 0.508 e. The van der Waals surface area contributed by atoms with E-state index in [-0.39, 0.29) is 5.75 Å². The first kappa shape index (κ1) is 11.5. The number of phenols is 1. The highest BCUT2D eigenvalue weighted by molar-refractivity contribution is 6.03. The number of hydrogen-bond donors (Lipinski definition) is 4. The van der Waals surface area contributed by atoms with E-state index in [0.717, 1.165) is 5.52 Å². The van der Waals surface area contributed by atoms with Crippen molar-refractivity contribution in [2.75, 3.05) is 5.32 Å². The molecular weight excluding hydrogens is 220 g/mol. The van der Waals surface area contributed by atoms with Crippen LogP contribution in [0.5, 0.6) is 5.75 Å². The van der Waals surface area contributed by atoms with Gasteiger partial charge in [0.2, 0.25) is 0 Å². The Morgan fingerprint density at radius 2 is 2.29 bits per heavy atom. The molecular formula is C12H14N2O3. The number of fused-ring (bicyclic) bond motifs is 1. The summed E-state index contributed by atoms with van der Waals surface area (Å²) < 4.78 is 0. The first-order valence-electron chi connectivity index (χ1n) is 5.41. The minimum absolute atomic E-state index is 0.128. The zero-order chi connectivity index (χ0) is 12.4. The topological polar surface area (TPSA) is 85.4 Å². The number of aliphatic hydroxyl groups is 1. The summed E-state index contributed by atoms with van der Waals surface area (Å²) in [6, 6.07) is 4.83. The maximum Gasteiger partial charge on any atom is 0.253 e. The number of aromatic hydroxyl groups is 1. The molecule has 0 aliphatic carbocycles. The molecule has 5 heteroatoms. The van der Waals surface area contributed by atoms with Crippen molar-refractivity contribution in [3.05, 3.63) is 24.4 Å². The van der Waals surface area contributed by atoms with Crippen molar-refractivity contribution in [1.82, 2.24) is 4.98 Å². The number of carbonyl (C=O) groups excluding carboxylic acids is 1. The molecule has 0 spiro atoms. The number of anilines is 1. The van der Waals surface area contributed by atoms with E-state index < -0.39 is 12.0 Å². The van der Waals surface area contributed by atoms with Gasteiger partial charge < -0.3 is 20.5 Å². The molecule has 1 atom stereocenters. The van der Waals surface area contributed by atoms with Gasteiger partial charge in [0.1, 0.15) is 11.9 Å². The Kier molecular flexibility index (Phi) is 3.01. The average Bonchev–Trinajstić information content (AvgIpc) is 2.71. The predicted molar refractivity (Wildman–Crippen MR) is 64.9 cm³/mol. The summed E-state index contributed by atoms with van der Waals surface area (Å²) in [5, 5.41) is 22.1. The highest BCUT2D eigenvalue weighted by Gasteiger charge is 2.14. The van der Waals surface area contributed by atoms with Crippen LogP contribution in [0.15, 0.2) is 24.4 Å². The van der Waals surface area contributed by atoms with Crippen LogP contribution in [-0.4, -0.2) is 27.2 Å². The number of aromatic amines is 1. The molecule has 2 aromatic rings. The molecule has 0 bridgehead atoms. The van der Waals surface area contributed by atoms with E-state index in [1.165, 1.54) is 0 Å². The minimum Gasteiger partial charge on any atom is -0.508 e. The standard InChI is InChI=1S/C12H14N2O3/c1-2-11(16)12(17)14-10-6-13-9-4-3-7(15)5-8(9)10/h3-6,11,13,15-16H,2H2,1H3,(H,14,17). The fraction of sp³-hybridized carbons (Fsp3) is 0.250. The number of aromatic nitrogens is 1. The predicted octanol–water partition coefficient (Wildman–Crippen LogP) is 1.58. The molecule has 0 aliphatic rings. The van der Waals surface area contributed by atoms with Gasteiger partial charge in [0.15, 0.2) is 0 Å². The van der Waals surface area contributed by atoms with E-state index in [4.69, 9.17) is 0 Å². The number of nitrogens with one attached hydrogen (secondary N) is 2. The van der Waals surface area contributed by atoms with Gasteiger partial charge in [0.05, 0.1) is 5.69 Å². The lowest BCUT2D eigenvalue weighted by atomic mass is 10.2. The summed E-state index contributed by atoms with van der Waals surface area (Å²) in [4.78, 5) is 14.5. The third kappa shape index (κ3) is 2.24. The van der Waals surface area contributed by atoms with Gasteiger partial charge in [-0.3, -0.25) is 4.79 Å². The Balaban J connectivity index is 2.30. The minimum atomic E-state index is -1.02. The van der Waals surface area contributed by atoms with Gasteiger partial charge in [0.25, 0.3) is 5.91 Å². The first-order valence-corrected chi connectivity index (χ1v) is 5.41. The average molecular weight is 234 g/mol. The van der Waals surface area contributed by atoms with E-state index >= 15 is 0 Å². The van der Waals surface area contributed by atoms with Gasteiger partial charge in [0, 0.05) is 17.1 Å². The molecule has 0 saturated carbocycles. The van der Waals surface area contributed by atoms with Gasteiger partial charge in [-0.15, -0.1) is 0 Å². The summed E-state index contributed by atoms with van der Waals surface area (Å²) in [6.45, 7) is 1.73. The lowest BCUT2D eigenvalue weighted by molar-refractivity contribution is -0.124. The van der Waals surface area contributed by atoms with Gasteiger partial charge in [-0.1, -0.05) is 6.92 Å². The van der Waals surface area contributed by atoms with Crippen LogP contribution in [0, 0.1) is 0 Å². The van der Waals surface area contributed by atoms with Crippen LogP contribution >= 0.6 is 0 Å². The maximum atomic E-state index is 11.5. The molecule has 1 amide bonds. The number of rotatable bonds is 3. The molecule has 17 heavy (non-hydrogen) atoms. The number of carbonyl (C=O) groups is 1. The van der Waals surface area contributed by atoms with Crippen LogP contribution in [0.25, 0.3) is 10.9 Å². The third-order valence-corrected chi connectivity index (χ3v) is 2.61. The van der Waals surface area contributed by atoms with Crippen LogP contribution in [0.3, 0.4) is 0 Å². The van der Waals surface area contributed by atoms with Crippen LogP contribution in [-0.2, 0) is 4.79 Å². The van der Waals surface area contributed by atoms with Crippen LogP contribution in [0.1, 0.15) is 13.3 Å². The highest BCUT2D eigenvalue weighted by atomic mass is 16.3. The number of H-pyrrole nitrogens is 1. The molecule has 0 saturated heterocycles. The zero-order valence-electron chi connectivity index (χ0n) is 9.40. The van der Waals surface area contributed by atoms with Gasteiger partial charge in [-0.2, -0.15) is 0 Å². The van der Waals surface area contributed by atoms with Crippen molar-refractivity contribution in [2.24, 2.45) is 0 Å². The summed E-state index contributed by atoms with van der Waals surface area (Å²) in [5.41, 5.74) is 1.36. The maximum absolute atomic E-state index is 11.5. The van der Waals surface area contributed by atoms with E-state index in [0.29, 0.717) is 17.5 Å². The van der Waals surface area contributed by atoms with E-state index in [1.807, 2.05) is 0 Å². The van der Waals surface area contributed by atoms with Crippen molar-refractivity contribution in [3.63, 3.8) is 0 Å². The molecule has 4 N–H and O–H groups in total. The molecule has 5 nitrogen and oxygen atoms in total. The van der Waals surface area contributed by atoms with Crippen molar-refractivity contribution in [1.29, 1.82) is 0 Å². The molecule has 0 radical (unpaired) electrons. The SMILES string of the molecule is CCC(O)C(=O)Nc1c[nH]c2ccc(O)cc12. The Morgan fingerprint density at radius 3 is 3.00 bits per heavy atom. The number of phenolic OH excluding ortho intramolecular Hbond substituents is 1. The third-order valence-electron chi connectivity index (χ3n) is 2.61. The Morgan fingerprint density at radius 1 is 1.53 bits per heavy atom. The van der Waals surface area contributed by atoms with E-state index in [9.17, 15) is 15.0 Å². The van der Waals surface area contributed by atoms with Crippen molar-refractivity contribution in [3.8, 4) is 5.75 Å². The van der Waals surface area contributed by atoms with Gasteiger partial charge in [-0.05, 0) is 24.6 Å². The molecule has 1 aromatic heterocycles. The zero-order valence-corrected chi connectivity index (χ0v) is 9.40. The van der Waals surface area contributed by atoms with Crippen LogP contribution in [0.2, 0.25) is 0 Å². The fourth-order valence-corrected chi connectivity index (χ4v) is 1.61. The quantitative estimate of drug-likeness (QED) is 0.650. The molecule has 90 valence electrons. The molecule has 1 heterocycles. The molecule has 1 aromatic carbocycles. The normalized spacial score (nSPS) is 12.6. The molecule has 2 rings (SSSR count). The number of hydrogen-bond acceptors (Lipinski definition) is 3. The summed E-state index contributed by atoms with van der Waals surface area (Å²) in [5.74, 6) is -0.319. The summed E-state index contributed by atoms with van der Waals surface area (Å²) in [6.07, 6.45) is 0.973. The summed E-state index contributed by atoms with van der Waals surface area (Å²) >= 11 is 0. The second-order valence-electron chi connectivity index (χ2n) is 3.85. The Bertz CT molecular complexity index is 548. The van der Waals surface area contributed by atoms with E-state index in [2.05, 4.69) is 10.3 Å². The Labute approximate surface area is 98.1 Å². The Hall–Kier alpha value is -2.01. The molecule has 1 unspecified atom stereocenters. The molecule has 0 fully saturated rings. The van der Waals surface area contributed by atoms with Crippen LogP contribution in [0.4, 0.5) is 5.69 Å².